The number of hydrogen-bond acceptors (Lipinski definition) is 3. The van der Waals surface area contributed by atoms with Gasteiger partial charge in [0.15, 0.2) is 0 Å². The lowest BCUT2D eigenvalue weighted by Crippen LogP contribution is -2.36. The van der Waals surface area contributed by atoms with E-state index >= 15 is 0 Å². The van der Waals surface area contributed by atoms with Crippen LogP contribution in [0.3, 0.4) is 0 Å². The smallest absolute Gasteiger partial charge is 0.225 e. The van der Waals surface area contributed by atoms with Crippen molar-refractivity contribution in [3.8, 4) is 0 Å². The lowest BCUT2D eigenvalue weighted by molar-refractivity contribution is 0.0126. The van der Waals surface area contributed by atoms with Crippen molar-refractivity contribution in [2.75, 3.05) is 0 Å². The zero-order valence-electron chi connectivity index (χ0n) is 14.1. The molecule has 2 heterocycles. The number of rotatable bonds is 2. The molecule has 1 atom stereocenters. The van der Waals surface area contributed by atoms with Gasteiger partial charge in [-0.3, -0.25) is 4.79 Å². The van der Waals surface area contributed by atoms with Crippen molar-refractivity contribution < 1.29 is 9.53 Å². The van der Waals surface area contributed by atoms with E-state index in [1.165, 1.54) is 0 Å². The van der Waals surface area contributed by atoms with Crippen molar-refractivity contribution in [3.63, 3.8) is 0 Å². The molecule has 2 aromatic carbocycles. The molecule has 3 aromatic rings. The van der Waals surface area contributed by atoms with Crippen LogP contribution in [-0.2, 0) is 10.5 Å². The van der Waals surface area contributed by atoms with Crippen molar-refractivity contribution in [2.24, 2.45) is 0 Å². The molecule has 1 aromatic heterocycles. The number of hydrogen-bond donors (Lipinski definition) is 0. The van der Waals surface area contributed by atoms with Crippen LogP contribution < -0.4 is 0 Å². The summed E-state index contributed by atoms with van der Waals surface area (Å²) >= 11 is 0. The molecule has 1 aliphatic heterocycles. The predicted octanol–water partition coefficient (Wildman–Crippen LogP) is 4.17. The molecule has 1 unspecified atom stereocenters. The number of aryl methyl sites for hydroxylation is 1. The Morgan fingerprint density at radius 3 is 2.32 bits per heavy atom. The summed E-state index contributed by atoms with van der Waals surface area (Å²) in [6.07, 6.45) is 1.55. The molecule has 0 bridgehead atoms. The summed E-state index contributed by atoms with van der Waals surface area (Å²) in [6.45, 7) is 3.82. The van der Waals surface area contributed by atoms with Crippen molar-refractivity contribution in [1.29, 1.82) is 0 Å². The summed E-state index contributed by atoms with van der Waals surface area (Å²) in [7, 11) is 0. The van der Waals surface area contributed by atoms with Crippen LogP contribution in [0.5, 0.6) is 0 Å². The van der Waals surface area contributed by atoms with Gasteiger partial charge in [-0.05, 0) is 13.0 Å². The topological polar surface area (TPSA) is 44.1 Å². The highest BCUT2D eigenvalue weighted by atomic mass is 16.5. The second-order valence-electron chi connectivity index (χ2n) is 6.27. The number of allylic oxidation sites excluding steroid dienone is 1. The van der Waals surface area contributed by atoms with Gasteiger partial charge in [0.2, 0.25) is 11.5 Å². The van der Waals surface area contributed by atoms with E-state index < -0.39 is 5.72 Å². The number of aromatic nitrogens is 2. The van der Waals surface area contributed by atoms with Crippen molar-refractivity contribution >= 4 is 11.5 Å². The second kappa shape index (κ2) is 5.74. The summed E-state index contributed by atoms with van der Waals surface area (Å²) in [5, 5.41) is 4.56. The summed E-state index contributed by atoms with van der Waals surface area (Å²) in [5.41, 5.74) is 2.18. The number of ether oxygens (including phenoxy) is 1. The molecule has 1 aliphatic rings. The molecule has 4 nitrogen and oxygen atoms in total. The van der Waals surface area contributed by atoms with Gasteiger partial charge in [-0.15, -0.1) is 0 Å². The Morgan fingerprint density at radius 1 is 1.00 bits per heavy atom. The highest BCUT2D eigenvalue weighted by Gasteiger charge is 2.38. The first-order valence-corrected chi connectivity index (χ1v) is 8.21. The first-order valence-electron chi connectivity index (χ1n) is 8.21. The fourth-order valence-corrected chi connectivity index (χ4v) is 3.15. The van der Waals surface area contributed by atoms with Gasteiger partial charge in [-0.25, -0.2) is 4.68 Å². The van der Waals surface area contributed by atoms with Gasteiger partial charge in [0.1, 0.15) is 11.5 Å². The molecule has 25 heavy (non-hydrogen) atoms. The maximum Gasteiger partial charge on any atom is 0.225 e. The van der Waals surface area contributed by atoms with Gasteiger partial charge >= 0.3 is 0 Å². The average molecular weight is 330 g/mol. The Hall–Kier alpha value is -3.14. The molecular weight excluding hydrogens is 312 g/mol. The number of carbonyl (C=O) groups is 1. The molecule has 0 saturated heterocycles. The molecule has 0 radical (unpaired) electrons. The lowest BCUT2D eigenvalue weighted by Gasteiger charge is -2.32. The van der Waals surface area contributed by atoms with Gasteiger partial charge in [-0.2, -0.15) is 5.10 Å². The van der Waals surface area contributed by atoms with Crippen molar-refractivity contribution in [2.45, 2.75) is 19.6 Å². The summed E-state index contributed by atoms with van der Waals surface area (Å²) < 4.78 is 8.11. The van der Waals surface area contributed by atoms with E-state index in [2.05, 4.69) is 5.10 Å². The molecule has 0 fully saturated rings. The normalized spacial score (nSPS) is 19.6. The van der Waals surface area contributed by atoms with Crippen LogP contribution >= 0.6 is 0 Å². The third-order valence-corrected chi connectivity index (χ3v) is 4.43. The SMILES string of the molecule is Cc1cc2n(n1)C(C)(c1ccccc1)OC(c1ccccc1)=CC2=O. The fraction of sp³-hybridized carbons (Fsp3) is 0.143. The van der Waals surface area contributed by atoms with E-state index in [1.807, 2.05) is 74.5 Å². The third-order valence-electron chi connectivity index (χ3n) is 4.43. The molecule has 4 rings (SSSR count). The first-order chi connectivity index (χ1) is 12.1. The van der Waals surface area contributed by atoms with Crippen LogP contribution in [0.4, 0.5) is 0 Å². The lowest BCUT2D eigenvalue weighted by atomic mass is 10.0. The summed E-state index contributed by atoms with van der Waals surface area (Å²) in [5.74, 6) is 0.430. The number of ketones is 1. The number of nitrogens with zero attached hydrogens (tertiary/aromatic N) is 2. The monoisotopic (exact) mass is 330 g/mol. The van der Waals surface area contributed by atoms with Crippen LogP contribution in [0, 0.1) is 6.92 Å². The van der Waals surface area contributed by atoms with E-state index in [9.17, 15) is 4.79 Å². The van der Waals surface area contributed by atoms with Gasteiger partial charge in [-0.1, -0.05) is 60.7 Å². The minimum atomic E-state index is -0.918. The first kappa shape index (κ1) is 15.4. The van der Waals surface area contributed by atoms with Crippen LogP contribution in [0.2, 0.25) is 0 Å². The molecule has 0 aliphatic carbocycles. The van der Waals surface area contributed by atoms with Crippen molar-refractivity contribution in [3.05, 3.63) is 95.3 Å². The highest BCUT2D eigenvalue weighted by molar-refractivity contribution is 6.07. The maximum atomic E-state index is 12.8. The van der Waals surface area contributed by atoms with Gasteiger partial charge in [0.05, 0.1) is 5.69 Å². The Morgan fingerprint density at radius 2 is 1.64 bits per heavy atom. The molecule has 0 saturated carbocycles. The Balaban J connectivity index is 1.94. The van der Waals surface area contributed by atoms with Crippen LogP contribution in [0.1, 0.15) is 34.2 Å². The molecule has 0 N–H and O–H groups in total. The minimum Gasteiger partial charge on any atom is -0.461 e. The third kappa shape index (κ3) is 2.56. The molecule has 4 heteroatoms. The molecule has 124 valence electrons. The van der Waals surface area contributed by atoms with E-state index in [1.54, 1.807) is 16.8 Å². The number of benzene rings is 2. The van der Waals surface area contributed by atoms with Gasteiger partial charge in [0.25, 0.3) is 0 Å². The molecule has 0 amide bonds. The largest absolute Gasteiger partial charge is 0.461 e. The van der Waals surface area contributed by atoms with E-state index in [4.69, 9.17) is 4.74 Å². The summed E-state index contributed by atoms with van der Waals surface area (Å²) in [4.78, 5) is 12.8. The quantitative estimate of drug-likeness (QED) is 0.708. The van der Waals surface area contributed by atoms with Crippen LogP contribution in [0.15, 0.2) is 72.8 Å². The minimum absolute atomic E-state index is 0.112. The van der Waals surface area contributed by atoms with E-state index in [0.717, 1.165) is 16.8 Å². The number of carbonyl (C=O) groups excluding carboxylic acids is 1. The van der Waals surface area contributed by atoms with Crippen molar-refractivity contribution in [1.82, 2.24) is 9.78 Å². The van der Waals surface area contributed by atoms with Gasteiger partial charge in [0, 0.05) is 24.1 Å². The van der Waals surface area contributed by atoms with E-state index in [-0.39, 0.29) is 5.78 Å². The highest BCUT2D eigenvalue weighted by Crippen LogP contribution is 2.36. The molecule has 0 spiro atoms. The molecular formula is C21H18N2O2. The maximum absolute atomic E-state index is 12.8. The van der Waals surface area contributed by atoms with Crippen LogP contribution in [-0.4, -0.2) is 15.6 Å². The Labute approximate surface area is 146 Å². The Bertz CT molecular complexity index is 958. The zero-order valence-corrected chi connectivity index (χ0v) is 14.1. The summed E-state index contributed by atoms with van der Waals surface area (Å²) in [6, 6.07) is 21.3. The van der Waals surface area contributed by atoms with Gasteiger partial charge < -0.3 is 4.74 Å². The zero-order chi connectivity index (χ0) is 17.4. The fourth-order valence-electron chi connectivity index (χ4n) is 3.15. The second-order valence-corrected chi connectivity index (χ2v) is 6.27. The predicted molar refractivity (Wildman–Crippen MR) is 96.0 cm³/mol. The number of fused-ring (bicyclic) bond motifs is 1. The average Bonchev–Trinajstić information content (AvgIpc) is 3.01. The Kier molecular flexibility index (Phi) is 3.53. The standard InChI is InChI=1S/C21H18N2O2/c1-15-13-18-19(24)14-20(16-9-5-3-6-10-16)25-21(2,23(18)22-15)17-11-7-4-8-12-17/h3-14H,1-2H3. The van der Waals surface area contributed by atoms with E-state index in [0.29, 0.717) is 11.5 Å². The van der Waals surface area contributed by atoms with Crippen LogP contribution in [0.25, 0.3) is 5.76 Å².